The van der Waals surface area contributed by atoms with Crippen molar-refractivity contribution in [2.24, 2.45) is 0 Å². The Morgan fingerprint density at radius 2 is 1.96 bits per heavy atom. The summed E-state index contributed by atoms with van der Waals surface area (Å²) >= 11 is 5.76. The molecule has 124 valence electrons. The van der Waals surface area contributed by atoms with Gasteiger partial charge in [0.15, 0.2) is 23.9 Å². The van der Waals surface area contributed by atoms with Crippen molar-refractivity contribution in [3.05, 3.63) is 64.6 Å². The van der Waals surface area contributed by atoms with Crippen molar-refractivity contribution < 1.29 is 22.3 Å². The van der Waals surface area contributed by atoms with Crippen LogP contribution in [0.25, 0.3) is 16.8 Å². The van der Waals surface area contributed by atoms with Crippen molar-refractivity contribution in [2.75, 3.05) is 0 Å². The number of pyridine rings is 1. The van der Waals surface area contributed by atoms with Gasteiger partial charge in [0.2, 0.25) is 0 Å². The SMILES string of the molecule is [O-][n+]1cccc(-c2c(-n3cc(C(F)(F)F)nn3)ccc(Cl)c2F)c1. The van der Waals surface area contributed by atoms with Gasteiger partial charge >= 0.3 is 6.18 Å². The van der Waals surface area contributed by atoms with E-state index in [1.807, 2.05) is 0 Å². The van der Waals surface area contributed by atoms with Crippen molar-refractivity contribution in [3.8, 4) is 16.8 Å². The van der Waals surface area contributed by atoms with Crippen LogP contribution in [0.2, 0.25) is 5.02 Å². The molecule has 10 heteroatoms. The quantitative estimate of drug-likeness (QED) is 0.401. The second-order valence-corrected chi connectivity index (χ2v) is 5.16. The Kier molecular flexibility index (Phi) is 3.88. The lowest BCUT2D eigenvalue weighted by Gasteiger charge is -2.11. The molecule has 0 spiro atoms. The number of halogens is 5. The number of rotatable bonds is 2. The van der Waals surface area contributed by atoms with Gasteiger partial charge in [0, 0.05) is 6.07 Å². The first-order valence-corrected chi connectivity index (χ1v) is 6.82. The minimum Gasteiger partial charge on any atom is -0.619 e. The summed E-state index contributed by atoms with van der Waals surface area (Å²) in [4.78, 5) is 0. The lowest BCUT2D eigenvalue weighted by Crippen LogP contribution is -2.24. The molecule has 24 heavy (non-hydrogen) atoms. The molecule has 1 aromatic carbocycles. The highest BCUT2D eigenvalue weighted by molar-refractivity contribution is 6.31. The zero-order valence-corrected chi connectivity index (χ0v) is 12.4. The third kappa shape index (κ3) is 2.90. The van der Waals surface area contributed by atoms with E-state index in [9.17, 15) is 22.8 Å². The number of nitrogens with zero attached hydrogens (tertiary/aromatic N) is 4. The Morgan fingerprint density at radius 3 is 2.58 bits per heavy atom. The highest BCUT2D eigenvalue weighted by atomic mass is 35.5. The first-order valence-electron chi connectivity index (χ1n) is 6.44. The standard InChI is InChI=1S/C14H7ClF4N4O/c15-9-3-4-10(23-7-11(20-21-23)14(17,18)19)12(13(9)16)8-2-1-5-22(24)6-8/h1-7H. The van der Waals surface area contributed by atoms with Gasteiger partial charge in [-0.3, -0.25) is 0 Å². The maximum Gasteiger partial charge on any atom is 0.436 e. The summed E-state index contributed by atoms with van der Waals surface area (Å²) in [5, 5.41) is 17.6. The molecular weight excluding hydrogens is 352 g/mol. The first kappa shape index (κ1) is 16.2. The van der Waals surface area contributed by atoms with Gasteiger partial charge in [-0.15, -0.1) is 5.10 Å². The average Bonchev–Trinajstić information content (AvgIpc) is 2.99. The van der Waals surface area contributed by atoms with E-state index >= 15 is 0 Å². The number of hydrogen-bond donors (Lipinski definition) is 0. The monoisotopic (exact) mass is 358 g/mol. The smallest absolute Gasteiger partial charge is 0.436 e. The molecule has 0 fully saturated rings. The van der Waals surface area contributed by atoms with Crippen LogP contribution in [-0.2, 0) is 6.18 Å². The zero-order chi connectivity index (χ0) is 17.5. The number of hydrogen-bond acceptors (Lipinski definition) is 3. The summed E-state index contributed by atoms with van der Waals surface area (Å²) in [6, 6.07) is 5.26. The van der Waals surface area contributed by atoms with Gasteiger partial charge < -0.3 is 5.21 Å². The van der Waals surface area contributed by atoms with E-state index in [1.165, 1.54) is 30.5 Å². The molecule has 0 radical (unpaired) electrons. The second-order valence-electron chi connectivity index (χ2n) is 4.75. The summed E-state index contributed by atoms with van der Waals surface area (Å²) in [6.07, 6.45) is -1.81. The van der Waals surface area contributed by atoms with Crippen LogP contribution in [-0.4, -0.2) is 15.0 Å². The third-order valence-electron chi connectivity index (χ3n) is 3.17. The van der Waals surface area contributed by atoms with E-state index in [4.69, 9.17) is 11.6 Å². The number of aromatic nitrogens is 4. The van der Waals surface area contributed by atoms with Crippen LogP contribution in [0.4, 0.5) is 17.6 Å². The van der Waals surface area contributed by atoms with Crippen molar-refractivity contribution in [3.63, 3.8) is 0 Å². The van der Waals surface area contributed by atoms with Crippen LogP contribution >= 0.6 is 11.6 Å². The summed E-state index contributed by atoms with van der Waals surface area (Å²) < 4.78 is 53.7. The van der Waals surface area contributed by atoms with Gasteiger partial charge in [0.25, 0.3) is 0 Å². The molecule has 0 N–H and O–H groups in total. The third-order valence-corrected chi connectivity index (χ3v) is 3.46. The molecule has 0 atom stereocenters. The van der Waals surface area contributed by atoms with Crippen LogP contribution in [0.5, 0.6) is 0 Å². The van der Waals surface area contributed by atoms with Crippen LogP contribution in [0.3, 0.4) is 0 Å². The fourth-order valence-corrected chi connectivity index (χ4v) is 2.28. The predicted octanol–water partition coefficient (Wildman–Crippen LogP) is 3.38. The van der Waals surface area contributed by atoms with E-state index in [-0.39, 0.29) is 21.8 Å². The topological polar surface area (TPSA) is 57.6 Å². The van der Waals surface area contributed by atoms with Crippen molar-refractivity contribution >= 4 is 11.6 Å². The lowest BCUT2D eigenvalue weighted by molar-refractivity contribution is -0.604. The van der Waals surface area contributed by atoms with E-state index < -0.39 is 17.7 Å². The summed E-state index contributed by atoms with van der Waals surface area (Å²) in [5.41, 5.74) is -1.29. The zero-order valence-electron chi connectivity index (χ0n) is 11.6. The number of benzene rings is 1. The molecule has 0 bridgehead atoms. The Balaban J connectivity index is 2.22. The van der Waals surface area contributed by atoms with Crippen LogP contribution in [0.15, 0.2) is 42.9 Å². The van der Waals surface area contributed by atoms with E-state index in [0.29, 0.717) is 10.9 Å². The Bertz CT molecular complexity index is 910. The molecule has 0 aliphatic carbocycles. The van der Waals surface area contributed by atoms with Gasteiger partial charge in [0.1, 0.15) is 0 Å². The molecule has 2 aromatic heterocycles. The van der Waals surface area contributed by atoms with Gasteiger partial charge in [-0.05, 0) is 18.2 Å². The highest BCUT2D eigenvalue weighted by Gasteiger charge is 2.35. The van der Waals surface area contributed by atoms with Crippen molar-refractivity contribution in [2.45, 2.75) is 6.18 Å². The van der Waals surface area contributed by atoms with Crippen LogP contribution in [0, 0.1) is 11.0 Å². The van der Waals surface area contributed by atoms with E-state index in [2.05, 4.69) is 10.3 Å². The predicted molar refractivity (Wildman–Crippen MR) is 75.7 cm³/mol. The molecule has 0 saturated heterocycles. The highest BCUT2D eigenvalue weighted by Crippen LogP contribution is 2.34. The molecule has 5 nitrogen and oxygen atoms in total. The number of alkyl halides is 3. The molecule has 0 aliphatic heterocycles. The van der Waals surface area contributed by atoms with E-state index in [1.54, 1.807) is 0 Å². The average molecular weight is 359 g/mol. The minimum absolute atomic E-state index is 0.0360. The molecule has 0 aliphatic rings. The molecule has 3 aromatic rings. The van der Waals surface area contributed by atoms with Gasteiger partial charge in [-0.2, -0.15) is 17.9 Å². The Hall–Kier alpha value is -2.68. The van der Waals surface area contributed by atoms with Crippen LogP contribution < -0.4 is 4.73 Å². The van der Waals surface area contributed by atoms with Gasteiger partial charge in [-0.25, -0.2) is 9.07 Å². The second kappa shape index (κ2) is 5.75. The van der Waals surface area contributed by atoms with Crippen molar-refractivity contribution in [1.82, 2.24) is 15.0 Å². The summed E-state index contributed by atoms with van der Waals surface area (Å²) in [7, 11) is 0. The van der Waals surface area contributed by atoms with Crippen molar-refractivity contribution in [1.29, 1.82) is 0 Å². The largest absolute Gasteiger partial charge is 0.619 e. The summed E-state index contributed by atoms with van der Waals surface area (Å²) in [6.45, 7) is 0. The lowest BCUT2D eigenvalue weighted by atomic mass is 10.0. The van der Waals surface area contributed by atoms with Gasteiger partial charge in [-0.1, -0.05) is 16.8 Å². The molecule has 0 saturated carbocycles. The fraction of sp³-hybridized carbons (Fsp3) is 0.0714. The molecule has 0 amide bonds. The molecule has 0 unspecified atom stereocenters. The molecular formula is C14H7ClF4N4O. The first-order chi connectivity index (χ1) is 11.3. The normalized spacial score (nSPS) is 11.7. The molecule has 2 heterocycles. The molecule has 3 rings (SSSR count). The van der Waals surface area contributed by atoms with Crippen LogP contribution in [0.1, 0.15) is 5.69 Å². The maximum atomic E-state index is 14.5. The van der Waals surface area contributed by atoms with E-state index in [0.717, 1.165) is 10.9 Å². The Labute approximate surface area is 137 Å². The Morgan fingerprint density at radius 1 is 1.21 bits per heavy atom. The minimum atomic E-state index is -4.69. The maximum absolute atomic E-state index is 14.5. The summed E-state index contributed by atoms with van der Waals surface area (Å²) in [5.74, 6) is -0.885. The fourth-order valence-electron chi connectivity index (χ4n) is 2.12. The van der Waals surface area contributed by atoms with Gasteiger partial charge in [0.05, 0.1) is 28.0 Å².